The number of amides is 1. The van der Waals surface area contributed by atoms with E-state index in [0.29, 0.717) is 43.2 Å². The van der Waals surface area contributed by atoms with E-state index in [1.165, 1.54) is 5.56 Å². The van der Waals surface area contributed by atoms with Crippen LogP contribution in [0.3, 0.4) is 0 Å². The van der Waals surface area contributed by atoms with E-state index in [1.807, 2.05) is 13.0 Å². The van der Waals surface area contributed by atoms with Crippen LogP contribution in [0.2, 0.25) is 0 Å². The van der Waals surface area contributed by atoms with Gasteiger partial charge in [0, 0.05) is 25.0 Å². The summed E-state index contributed by atoms with van der Waals surface area (Å²) < 4.78 is 16.1. The molecule has 0 saturated carbocycles. The van der Waals surface area contributed by atoms with Crippen molar-refractivity contribution in [2.75, 3.05) is 32.8 Å². The van der Waals surface area contributed by atoms with Crippen molar-refractivity contribution in [3.05, 3.63) is 53.6 Å². The van der Waals surface area contributed by atoms with Crippen molar-refractivity contribution < 1.29 is 19.0 Å². The molecule has 1 saturated heterocycles. The lowest BCUT2D eigenvalue weighted by Gasteiger charge is -2.36. The van der Waals surface area contributed by atoms with Crippen LogP contribution in [-0.2, 0) is 14.9 Å². The van der Waals surface area contributed by atoms with E-state index >= 15 is 0 Å². The first-order valence-electron chi connectivity index (χ1n) is 8.77. The van der Waals surface area contributed by atoms with Crippen molar-refractivity contribution in [3.8, 4) is 11.5 Å². The third kappa shape index (κ3) is 3.53. The lowest BCUT2D eigenvalue weighted by molar-refractivity contribution is -0.125. The second-order valence-corrected chi connectivity index (χ2v) is 6.58. The van der Waals surface area contributed by atoms with Gasteiger partial charge in [0.25, 0.3) is 0 Å². The Morgan fingerprint density at radius 1 is 1.00 bits per heavy atom. The number of rotatable bonds is 5. The van der Waals surface area contributed by atoms with Crippen LogP contribution in [0.15, 0.2) is 42.5 Å². The predicted molar refractivity (Wildman–Crippen MR) is 101 cm³/mol. The average Bonchev–Trinajstić information content (AvgIpc) is 2.68. The summed E-state index contributed by atoms with van der Waals surface area (Å²) in [6.45, 7) is 3.20. The van der Waals surface area contributed by atoms with Crippen LogP contribution in [0, 0.1) is 6.92 Å². The molecule has 1 amide bonds. The number of carbonyl (C=O) groups is 1. The molecule has 0 aromatic heterocycles. The molecule has 26 heavy (non-hydrogen) atoms. The van der Waals surface area contributed by atoms with Crippen molar-refractivity contribution in [1.29, 1.82) is 0 Å². The number of carbonyl (C=O) groups excluding carboxylic acids is 1. The minimum atomic E-state index is -0.584. The predicted octanol–water partition coefficient (Wildman–Crippen LogP) is 3.70. The van der Waals surface area contributed by atoms with Crippen molar-refractivity contribution in [3.63, 3.8) is 0 Å². The van der Waals surface area contributed by atoms with E-state index in [9.17, 15) is 4.79 Å². The third-order valence-corrected chi connectivity index (χ3v) is 5.03. The SMILES string of the molecule is COc1ccc(NC(=O)C2(c3ccc(C)cc3)CCOCC2)cc1OC. The summed E-state index contributed by atoms with van der Waals surface area (Å²) in [5.74, 6) is 1.20. The molecule has 0 bridgehead atoms. The van der Waals surface area contributed by atoms with Crippen LogP contribution in [-0.4, -0.2) is 33.3 Å². The first-order valence-corrected chi connectivity index (χ1v) is 8.77. The largest absolute Gasteiger partial charge is 0.493 e. The van der Waals surface area contributed by atoms with E-state index in [4.69, 9.17) is 14.2 Å². The highest BCUT2D eigenvalue weighted by Gasteiger charge is 2.41. The maximum Gasteiger partial charge on any atom is 0.235 e. The Hall–Kier alpha value is -2.53. The smallest absolute Gasteiger partial charge is 0.235 e. The Balaban J connectivity index is 1.90. The molecule has 0 spiro atoms. The van der Waals surface area contributed by atoms with Crippen molar-refractivity contribution in [2.45, 2.75) is 25.2 Å². The lowest BCUT2D eigenvalue weighted by atomic mass is 9.73. The average molecular weight is 355 g/mol. The highest BCUT2D eigenvalue weighted by Crippen LogP contribution is 2.37. The fourth-order valence-corrected chi connectivity index (χ4v) is 3.40. The molecule has 138 valence electrons. The normalized spacial score (nSPS) is 16.0. The molecule has 1 heterocycles. The Morgan fingerprint density at radius 2 is 1.65 bits per heavy atom. The van der Waals surface area contributed by atoms with E-state index < -0.39 is 5.41 Å². The molecule has 3 rings (SSSR count). The number of hydrogen-bond donors (Lipinski definition) is 1. The fourth-order valence-electron chi connectivity index (χ4n) is 3.40. The maximum atomic E-state index is 13.3. The fraction of sp³-hybridized carbons (Fsp3) is 0.381. The summed E-state index contributed by atoms with van der Waals surface area (Å²) in [5, 5.41) is 3.06. The highest BCUT2D eigenvalue weighted by atomic mass is 16.5. The molecule has 1 aliphatic heterocycles. The zero-order chi connectivity index (χ0) is 18.6. The van der Waals surface area contributed by atoms with Crippen molar-refractivity contribution in [1.82, 2.24) is 0 Å². The topological polar surface area (TPSA) is 56.8 Å². The minimum absolute atomic E-state index is 0.0168. The molecule has 0 radical (unpaired) electrons. The molecular weight excluding hydrogens is 330 g/mol. The molecule has 1 aliphatic rings. The third-order valence-electron chi connectivity index (χ3n) is 5.03. The first-order chi connectivity index (χ1) is 12.6. The summed E-state index contributed by atoms with van der Waals surface area (Å²) in [4.78, 5) is 13.3. The van der Waals surface area contributed by atoms with Crippen LogP contribution in [0.4, 0.5) is 5.69 Å². The van der Waals surface area contributed by atoms with Gasteiger partial charge in [-0.1, -0.05) is 29.8 Å². The van der Waals surface area contributed by atoms with Gasteiger partial charge in [0.2, 0.25) is 5.91 Å². The molecule has 1 N–H and O–H groups in total. The first kappa shape index (κ1) is 18.3. The van der Waals surface area contributed by atoms with Gasteiger partial charge in [-0.3, -0.25) is 4.79 Å². The monoisotopic (exact) mass is 355 g/mol. The van der Waals surface area contributed by atoms with Gasteiger partial charge < -0.3 is 19.5 Å². The number of ether oxygens (including phenoxy) is 3. The quantitative estimate of drug-likeness (QED) is 0.888. The maximum absolute atomic E-state index is 13.3. The lowest BCUT2D eigenvalue weighted by Crippen LogP contribution is -2.44. The zero-order valence-electron chi connectivity index (χ0n) is 15.5. The summed E-state index contributed by atoms with van der Waals surface area (Å²) >= 11 is 0. The van der Waals surface area contributed by atoms with E-state index in [0.717, 1.165) is 5.56 Å². The van der Waals surface area contributed by atoms with Gasteiger partial charge >= 0.3 is 0 Å². The van der Waals surface area contributed by atoms with Gasteiger partial charge in [-0.2, -0.15) is 0 Å². The summed E-state index contributed by atoms with van der Waals surface area (Å²) in [7, 11) is 3.17. The van der Waals surface area contributed by atoms with Gasteiger partial charge in [0.15, 0.2) is 11.5 Å². The van der Waals surface area contributed by atoms with Gasteiger partial charge in [-0.15, -0.1) is 0 Å². The number of benzene rings is 2. The molecule has 1 fully saturated rings. The van der Waals surface area contributed by atoms with E-state index in [2.05, 4.69) is 29.6 Å². The van der Waals surface area contributed by atoms with Gasteiger partial charge in [0.1, 0.15) is 0 Å². The minimum Gasteiger partial charge on any atom is -0.493 e. The molecule has 0 aliphatic carbocycles. The Morgan fingerprint density at radius 3 is 2.27 bits per heavy atom. The van der Waals surface area contributed by atoms with Crippen LogP contribution in [0.5, 0.6) is 11.5 Å². The zero-order valence-corrected chi connectivity index (χ0v) is 15.5. The van der Waals surface area contributed by atoms with E-state index in [-0.39, 0.29) is 5.91 Å². The van der Waals surface area contributed by atoms with Crippen molar-refractivity contribution in [2.24, 2.45) is 0 Å². The molecule has 2 aromatic carbocycles. The van der Waals surface area contributed by atoms with Gasteiger partial charge in [0.05, 0.1) is 19.6 Å². The molecule has 5 nitrogen and oxygen atoms in total. The number of hydrogen-bond acceptors (Lipinski definition) is 4. The standard InChI is InChI=1S/C21H25NO4/c1-15-4-6-16(7-5-15)21(10-12-26-13-11-21)20(23)22-17-8-9-18(24-2)19(14-17)25-3/h4-9,14H,10-13H2,1-3H3,(H,22,23). The van der Waals surface area contributed by atoms with Crippen LogP contribution in [0.25, 0.3) is 0 Å². The molecule has 0 unspecified atom stereocenters. The molecule has 5 heteroatoms. The number of aryl methyl sites for hydroxylation is 1. The van der Waals surface area contributed by atoms with Gasteiger partial charge in [-0.25, -0.2) is 0 Å². The highest BCUT2D eigenvalue weighted by molar-refractivity contribution is 5.99. The molecule has 2 aromatic rings. The summed E-state index contributed by atoms with van der Waals surface area (Å²) in [6, 6.07) is 13.6. The van der Waals surface area contributed by atoms with Crippen LogP contribution in [0.1, 0.15) is 24.0 Å². The van der Waals surface area contributed by atoms with Crippen LogP contribution < -0.4 is 14.8 Å². The number of methoxy groups -OCH3 is 2. The second kappa shape index (κ2) is 7.79. The number of nitrogens with one attached hydrogen (secondary N) is 1. The number of anilines is 1. The second-order valence-electron chi connectivity index (χ2n) is 6.58. The van der Waals surface area contributed by atoms with Crippen LogP contribution >= 0.6 is 0 Å². The van der Waals surface area contributed by atoms with Gasteiger partial charge in [-0.05, 0) is 37.5 Å². The Bertz CT molecular complexity index is 764. The van der Waals surface area contributed by atoms with E-state index in [1.54, 1.807) is 26.4 Å². The Kier molecular flexibility index (Phi) is 5.47. The molecular formula is C21H25NO4. The Labute approximate surface area is 154 Å². The summed E-state index contributed by atoms with van der Waals surface area (Å²) in [5.41, 5.74) is 2.31. The molecule has 0 atom stereocenters. The summed E-state index contributed by atoms with van der Waals surface area (Å²) in [6.07, 6.45) is 1.32. The van der Waals surface area contributed by atoms with Crippen molar-refractivity contribution >= 4 is 11.6 Å².